The molecule has 2 nitrogen and oxygen atoms in total. The van der Waals surface area contributed by atoms with E-state index in [9.17, 15) is 0 Å². The van der Waals surface area contributed by atoms with Gasteiger partial charge in [-0.15, -0.1) is 0 Å². The van der Waals surface area contributed by atoms with Crippen LogP contribution < -0.4 is 5.32 Å². The lowest BCUT2D eigenvalue weighted by Gasteiger charge is -2.31. The molecule has 1 saturated heterocycles. The van der Waals surface area contributed by atoms with Crippen LogP contribution in [0.1, 0.15) is 50.2 Å². The zero-order chi connectivity index (χ0) is 14.0. The largest absolute Gasteiger partial charge is 0.312 e. The zero-order valence-corrected chi connectivity index (χ0v) is 13.0. The molecule has 0 bridgehead atoms. The Kier molecular flexibility index (Phi) is 4.13. The fourth-order valence-electron chi connectivity index (χ4n) is 4.07. The van der Waals surface area contributed by atoms with Gasteiger partial charge in [0.1, 0.15) is 0 Å². The maximum Gasteiger partial charge on any atom is 0.0208 e. The number of hydrogen-bond acceptors (Lipinski definition) is 2. The fourth-order valence-corrected chi connectivity index (χ4v) is 4.07. The summed E-state index contributed by atoms with van der Waals surface area (Å²) < 4.78 is 0. The second-order valence-corrected chi connectivity index (χ2v) is 6.72. The van der Waals surface area contributed by atoms with Gasteiger partial charge in [0.2, 0.25) is 0 Å². The third-order valence-electron chi connectivity index (χ3n) is 5.70. The van der Waals surface area contributed by atoms with Crippen LogP contribution in [0.5, 0.6) is 0 Å². The van der Waals surface area contributed by atoms with Gasteiger partial charge in [0, 0.05) is 32.1 Å². The van der Waals surface area contributed by atoms with Crippen LogP contribution in [-0.4, -0.2) is 31.1 Å². The first kappa shape index (κ1) is 14.1. The maximum atomic E-state index is 3.59. The van der Waals surface area contributed by atoms with Gasteiger partial charge in [-0.05, 0) is 42.3 Å². The maximum absolute atomic E-state index is 3.59. The second-order valence-electron chi connectivity index (χ2n) is 6.72. The molecule has 1 atom stereocenters. The number of fused-ring (bicyclic) bond motifs is 1. The van der Waals surface area contributed by atoms with Gasteiger partial charge in [-0.1, -0.05) is 38.1 Å². The molecule has 0 aliphatic carbocycles. The molecule has 110 valence electrons. The molecule has 0 spiro atoms. The van der Waals surface area contributed by atoms with E-state index >= 15 is 0 Å². The summed E-state index contributed by atoms with van der Waals surface area (Å²) in [6.07, 6.45) is 4.06. The summed E-state index contributed by atoms with van der Waals surface area (Å²) in [6, 6.07) is 8.98. The van der Waals surface area contributed by atoms with E-state index in [0.29, 0.717) is 11.3 Å². The molecule has 20 heavy (non-hydrogen) atoms. The molecule has 0 amide bonds. The number of nitrogens with zero attached hydrogens (tertiary/aromatic N) is 1. The first-order valence-corrected chi connectivity index (χ1v) is 8.27. The standard InChI is InChI=1S/C18H28N2/c1-3-18(4-2)9-10-20(14-18)13-16-12-19-11-15-7-5-6-8-17(15)16/h5-8,16,19H,3-4,9-14H2,1-2H3. The Morgan fingerprint density at radius 2 is 2.05 bits per heavy atom. The number of rotatable bonds is 4. The van der Waals surface area contributed by atoms with E-state index in [1.165, 1.54) is 44.5 Å². The Hall–Kier alpha value is -0.860. The number of hydrogen-bond donors (Lipinski definition) is 1. The summed E-state index contributed by atoms with van der Waals surface area (Å²) in [5, 5.41) is 3.59. The van der Waals surface area contributed by atoms with E-state index in [2.05, 4.69) is 48.3 Å². The normalized spacial score (nSPS) is 25.6. The van der Waals surface area contributed by atoms with Crippen molar-refractivity contribution in [1.82, 2.24) is 10.2 Å². The first-order chi connectivity index (χ1) is 9.76. The molecule has 1 aromatic rings. The number of nitrogens with one attached hydrogen (secondary N) is 1. The molecule has 1 fully saturated rings. The molecule has 0 aromatic heterocycles. The van der Waals surface area contributed by atoms with Crippen LogP contribution in [0.2, 0.25) is 0 Å². The molecule has 1 N–H and O–H groups in total. The van der Waals surface area contributed by atoms with Crippen LogP contribution in [-0.2, 0) is 6.54 Å². The Morgan fingerprint density at radius 3 is 2.80 bits per heavy atom. The molecule has 0 radical (unpaired) electrons. The summed E-state index contributed by atoms with van der Waals surface area (Å²) >= 11 is 0. The van der Waals surface area contributed by atoms with E-state index in [4.69, 9.17) is 0 Å². The minimum Gasteiger partial charge on any atom is -0.312 e. The highest BCUT2D eigenvalue weighted by Gasteiger charge is 2.36. The van der Waals surface area contributed by atoms with Crippen molar-refractivity contribution in [3.8, 4) is 0 Å². The second kappa shape index (κ2) is 5.87. The molecule has 2 heterocycles. The summed E-state index contributed by atoms with van der Waals surface area (Å²) in [6.45, 7) is 10.7. The van der Waals surface area contributed by atoms with Gasteiger partial charge >= 0.3 is 0 Å². The highest BCUT2D eigenvalue weighted by Crippen LogP contribution is 2.38. The summed E-state index contributed by atoms with van der Waals surface area (Å²) in [5.41, 5.74) is 3.68. The SMILES string of the molecule is CCC1(CC)CCN(CC2CNCc3ccccc32)C1. The van der Waals surface area contributed by atoms with Crippen molar-refractivity contribution < 1.29 is 0 Å². The molecule has 0 saturated carbocycles. The third kappa shape index (κ3) is 2.64. The van der Waals surface area contributed by atoms with Gasteiger partial charge in [0.05, 0.1) is 0 Å². The van der Waals surface area contributed by atoms with Crippen LogP contribution in [0, 0.1) is 5.41 Å². The van der Waals surface area contributed by atoms with E-state index in [1.807, 2.05) is 0 Å². The first-order valence-electron chi connectivity index (χ1n) is 8.27. The van der Waals surface area contributed by atoms with Crippen molar-refractivity contribution in [2.24, 2.45) is 5.41 Å². The van der Waals surface area contributed by atoms with Crippen LogP contribution in [0.15, 0.2) is 24.3 Å². The zero-order valence-electron chi connectivity index (χ0n) is 13.0. The highest BCUT2D eigenvalue weighted by molar-refractivity contribution is 5.33. The van der Waals surface area contributed by atoms with E-state index in [1.54, 1.807) is 5.56 Å². The van der Waals surface area contributed by atoms with Crippen LogP contribution in [0.25, 0.3) is 0 Å². The summed E-state index contributed by atoms with van der Waals surface area (Å²) in [5.74, 6) is 0.671. The lowest BCUT2D eigenvalue weighted by atomic mass is 9.82. The monoisotopic (exact) mass is 272 g/mol. The van der Waals surface area contributed by atoms with Gasteiger partial charge in [0.15, 0.2) is 0 Å². The minimum absolute atomic E-state index is 0.599. The molecular formula is C18H28N2. The highest BCUT2D eigenvalue weighted by atomic mass is 15.2. The van der Waals surface area contributed by atoms with Crippen LogP contribution >= 0.6 is 0 Å². The van der Waals surface area contributed by atoms with Crippen LogP contribution in [0.3, 0.4) is 0 Å². The number of likely N-dealkylation sites (tertiary alicyclic amines) is 1. The smallest absolute Gasteiger partial charge is 0.0208 e. The fraction of sp³-hybridized carbons (Fsp3) is 0.667. The average Bonchev–Trinajstić information content (AvgIpc) is 2.92. The Labute approximate surface area is 123 Å². The van der Waals surface area contributed by atoms with Crippen molar-refractivity contribution >= 4 is 0 Å². The summed E-state index contributed by atoms with van der Waals surface area (Å²) in [4.78, 5) is 2.71. The third-order valence-corrected chi connectivity index (χ3v) is 5.70. The summed E-state index contributed by atoms with van der Waals surface area (Å²) in [7, 11) is 0. The molecular weight excluding hydrogens is 244 g/mol. The van der Waals surface area contributed by atoms with Crippen molar-refractivity contribution in [1.29, 1.82) is 0 Å². The van der Waals surface area contributed by atoms with Gasteiger partial charge in [-0.25, -0.2) is 0 Å². The molecule has 1 aromatic carbocycles. The lowest BCUT2D eigenvalue weighted by molar-refractivity contribution is 0.229. The molecule has 2 aliphatic heterocycles. The molecule has 2 aliphatic rings. The topological polar surface area (TPSA) is 15.3 Å². The lowest BCUT2D eigenvalue weighted by Crippen LogP contribution is -2.36. The van der Waals surface area contributed by atoms with E-state index in [-0.39, 0.29) is 0 Å². The predicted molar refractivity (Wildman–Crippen MR) is 85.0 cm³/mol. The Bertz CT molecular complexity index is 450. The van der Waals surface area contributed by atoms with Gasteiger partial charge in [-0.2, -0.15) is 0 Å². The molecule has 2 heteroatoms. The Morgan fingerprint density at radius 1 is 1.25 bits per heavy atom. The van der Waals surface area contributed by atoms with E-state index in [0.717, 1.165) is 13.1 Å². The number of benzene rings is 1. The van der Waals surface area contributed by atoms with Crippen molar-refractivity contribution in [2.75, 3.05) is 26.2 Å². The van der Waals surface area contributed by atoms with Crippen molar-refractivity contribution in [3.05, 3.63) is 35.4 Å². The quantitative estimate of drug-likeness (QED) is 0.904. The van der Waals surface area contributed by atoms with E-state index < -0.39 is 0 Å². The Balaban J connectivity index is 1.68. The van der Waals surface area contributed by atoms with Gasteiger partial charge in [-0.3, -0.25) is 0 Å². The predicted octanol–water partition coefficient (Wildman–Crippen LogP) is 3.39. The average molecular weight is 272 g/mol. The molecule has 3 rings (SSSR count). The van der Waals surface area contributed by atoms with Crippen molar-refractivity contribution in [3.63, 3.8) is 0 Å². The van der Waals surface area contributed by atoms with Crippen LogP contribution in [0.4, 0.5) is 0 Å². The minimum atomic E-state index is 0.599. The van der Waals surface area contributed by atoms with Gasteiger partial charge < -0.3 is 10.2 Å². The molecule has 1 unspecified atom stereocenters. The van der Waals surface area contributed by atoms with Crippen molar-refractivity contribution in [2.45, 2.75) is 45.6 Å². The van der Waals surface area contributed by atoms with Gasteiger partial charge in [0.25, 0.3) is 0 Å².